The SMILES string of the molecule is CCc1ccc(CNCCCNCCCCCCCCNCCCNCc2ccc(CC)cc2)cc1.Cl.Cl.Cl.Cl. The zero-order chi connectivity index (χ0) is 25.5. The number of benzene rings is 2. The summed E-state index contributed by atoms with van der Waals surface area (Å²) in [4.78, 5) is 0. The fourth-order valence-corrected chi connectivity index (χ4v) is 4.38. The molecule has 4 nitrogen and oxygen atoms in total. The van der Waals surface area contributed by atoms with E-state index in [4.69, 9.17) is 0 Å². The Labute approximate surface area is 271 Å². The van der Waals surface area contributed by atoms with Crippen LogP contribution in [0, 0.1) is 0 Å². The van der Waals surface area contributed by atoms with Crippen LogP contribution in [0.5, 0.6) is 0 Å². The minimum atomic E-state index is 0. The molecule has 0 aliphatic rings. The fourth-order valence-electron chi connectivity index (χ4n) is 4.38. The first-order valence-electron chi connectivity index (χ1n) is 14.8. The number of aryl methyl sites for hydroxylation is 2. The highest BCUT2D eigenvalue weighted by Gasteiger charge is 1.96. The summed E-state index contributed by atoms with van der Waals surface area (Å²) in [6, 6.07) is 17.9. The van der Waals surface area contributed by atoms with Gasteiger partial charge in [-0.15, -0.1) is 49.6 Å². The Hall–Kier alpha value is -0.560. The van der Waals surface area contributed by atoms with Crippen molar-refractivity contribution >= 4 is 49.6 Å². The van der Waals surface area contributed by atoms with E-state index in [0.717, 1.165) is 65.2 Å². The van der Waals surface area contributed by atoms with Gasteiger partial charge in [0.15, 0.2) is 0 Å². The van der Waals surface area contributed by atoms with Crippen LogP contribution in [0.15, 0.2) is 48.5 Å². The van der Waals surface area contributed by atoms with Crippen molar-refractivity contribution in [2.45, 2.75) is 91.1 Å². The van der Waals surface area contributed by atoms with Crippen LogP contribution in [0.4, 0.5) is 0 Å². The van der Waals surface area contributed by atoms with Crippen LogP contribution in [0.2, 0.25) is 0 Å². The Balaban J connectivity index is -0.00000342. The van der Waals surface area contributed by atoms with Crippen LogP contribution in [-0.4, -0.2) is 39.3 Å². The molecule has 0 heterocycles. The van der Waals surface area contributed by atoms with Crippen molar-refractivity contribution in [2.24, 2.45) is 0 Å². The van der Waals surface area contributed by atoms with Crippen molar-refractivity contribution in [3.63, 3.8) is 0 Å². The normalized spacial score (nSPS) is 10.2. The highest BCUT2D eigenvalue weighted by atomic mass is 35.5. The van der Waals surface area contributed by atoms with Crippen LogP contribution >= 0.6 is 49.6 Å². The summed E-state index contributed by atoms with van der Waals surface area (Å²) in [5.74, 6) is 0. The van der Waals surface area contributed by atoms with Crippen molar-refractivity contribution < 1.29 is 0 Å². The molecule has 0 spiro atoms. The lowest BCUT2D eigenvalue weighted by atomic mass is 10.1. The van der Waals surface area contributed by atoms with Gasteiger partial charge >= 0.3 is 0 Å². The van der Waals surface area contributed by atoms with Crippen molar-refractivity contribution in [2.75, 3.05) is 39.3 Å². The first-order chi connectivity index (χ1) is 17.8. The summed E-state index contributed by atoms with van der Waals surface area (Å²) in [7, 11) is 0. The zero-order valence-electron chi connectivity index (χ0n) is 25.0. The Morgan fingerprint density at radius 1 is 0.350 bits per heavy atom. The van der Waals surface area contributed by atoms with Gasteiger partial charge in [0.1, 0.15) is 0 Å². The predicted molar refractivity (Wildman–Crippen MR) is 187 cm³/mol. The van der Waals surface area contributed by atoms with E-state index in [1.165, 1.54) is 73.6 Å². The van der Waals surface area contributed by atoms with E-state index in [9.17, 15) is 0 Å². The van der Waals surface area contributed by atoms with Gasteiger partial charge in [0, 0.05) is 13.1 Å². The summed E-state index contributed by atoms with van der Waals surface area (Å²) in [5, 5.41) is 14.3. The number of hydrogen-bond acceptors (Lipinski definition) is 4. The predicted octanol–water partition coefficient (Wildman–Crippen LogP) is 7.68. The zero-order valence-corrected chi connectivity index (χ0v) is 28.2. The lowest BCUT2D eigenvalue weighted by Gasteiger charge is -2.08. The van der Waals surface area contributed by atoms with Gasteiger partial charge < -0.3 is 21.3 Å². The maximum atomic E-state index is 3.60. The molecule has 0 atom stereocenters. The van der Waals surface area contributed by atoms with E-state index in [1.54, 1.807) is 0 Å². The molecule has 0 saturated heterocycles. The topological polar surface area (TPSA) is 48.1 Å². The number of unbranched alkanes of at least 4 members (excludes halogenated alkanes) is 5. The molecule has 4 N–H and O–H groups in total. The van der Waals surface area contributed by atoms with E-state index >= 15 is 0 Å². The van der Waals surface area contributed by atoms with E-state index < -0.39 is 0 Å². The second-order valence-electron chi connectivity index (χ2n) is 10.0. The third-order valence-electron chi connectivity index (χ3n) is 6.89. The molecule has 0 amide bonds. The lowest BCUT2D eigenvalue weighted by Crippen LogP contribution is -2.22. The molecule has 8 heteroatoms. The fraction of sp³-hybridized carbons (Fsp3) is 0.625. The van der Waals surface area contributed by atoms with Gasteiger partial charge in [-0.3, -0.25) is 0 Å². The third-order valence-corrected chi connectivity index (χ3v) is 6.89. The molecular formula is C32H58Cl4N4. The average Bonchev–Trinajstić information content (AvgIpc) is 2.92. The molecule has 40 heavy (non-hydrogen) atoms. The molecule has 0 radical (unpaired) electrons. The van der Waals surface area contributed by atoms with E-state index in [-0.39, 0.29) is 49.6 Å². The minimum Gasteiger partial charge on any atom is -0.317 e. The molecule has 2 rings (SSSR count). The number of nitrogens with one attached hydrogen (secondary N) is 4. The largest absolute Gasteiger partial charge is 0.317 e. The van der Waals surface area contributed by atoms with Crippen molar-refractivity contribution in [3.05, 3.63) is 70.8 Å². The van der Waals surface area contributed by atoms with E-state index in [0.29, 0.717) is 0 Å². The van der Waals surface area contributed by atoms with Gasteiger partial charge in [-0.25, -0.2) is 0 Å². The molecule has 234 valence electrons. The third kappa shape index (κ3) is 23.1. The van der Waals surface area contributed by atoms with Gasteiger partial charge in [0.05, 0.1) is 0 Å². The maximum Gasteiger partial charge on any atom is 0.0205 e. The monoisotopic (exact) mass is 638 g/mol. The summed E-state index contributed by atoms with van der Waals surface area (Å²) in [6.45, 7) is 13.1. The first-order valence-corrected chi connectivity index (χ1v) is 14.8. The highest BCUT2D eigenvalue weighted by Crippen LogP contribution is 2.06. The molecule has 2 aromatic carbocycles. The van der Waals surface area contributed by atoms with Crippen LogP contribution in [0.1, 0.15) is 87.5 Å². The molecule has 2 aromatic rings. The van der Waals surface area contributed by atoms with Crippen LogP contribution in [0.3, 0.4) is 0 Å². The average molecular weight is 641 g/mol. The van der Waals surface area contributed by atoms with Gasteiger partial charge in [-0.2, -0.15) is 0 Å². The molecule has 0 aliphatic carbocycles. The number of hydrogen-bond donors (Lipinski definition) is 4. The molecule has 0 saturated carbocycles. The second-order valence-corrected chi connectivity index (χ2v) is 10.0. The summed E-state index contributed by atoms with van der Waals surface area (Å²) in [6.07, 6.45) is 12.7. The summed E-state index contributed by atoms with van der Waals surface area (Å²) >= 11 is 0. The summed E-state index contributed by atoms with van der Waals surface area (Å²) in [5.41, 5.74) is 5.60. The van der Waals surface area contributed by atoms with Crippen LogP contribution in [-0.2, 0) is 25.9 Å². The maximum absolute atomic E-state index is 3.60. The van der Waals surface area contributed by atoms with Crippen LogP contribution < -0.4 is 21.3 Å². The van der Waals surface area contributed by atoms with Gasteiger partial charge in [0.2, 0.25) is 0 Å². The highest BCUT2D eigenvalue weighted by molar-refractivity contribution is 5.86. The molecule has 0 bridgehead atoms. The van der Waals surface area contributed by atoms with Gasteiger partial charge in [0.25, 0.3) is 0 Å². The molecular weight excluding hydrogens is 582 g/mol. The van der Waals surface area contributed by atoms with Gasteiger partial charge in [-0.1, -0.05) is 88.1 Å². The minimum absolute atomic E-state index is 0. The second kappa shape index (κ2) is 31.4. The Morgan fingerprint density at radius 3 is 0.975 bits per heavy atom. The Kier molecular flexibility index (Phi) is 34.4. The van der Waals surface area contributed by atoms with Crippen molar-refractivity contribution in [1.29, 1.82) is 0 Å². The number of halogens is 4. The lowest BCUT2D eigenvalue weighted by molar-refractivity contribution is 0.534. The molecule has 0 fully saturated rings. The molecule has 0 aliphatic heterocycles. The van der Waals surface area contributed by atoms with E-state index in [1.807, 2.05) is 0 Å². The van der Waals surface area contributed by atoms with Gasteiger partial charge in [-0.05, 0) is 100 Å². The molecule has 0 aromatic heterocycles. The van der Waals surface area contributed by atoms with Crippen molar-refractivity contribution in [1.82, 2.24) is 21.3 Å². The smallest absolute Gasteiger partial charge is 0.0205 e. The summed E-state index contributed by atoms with van der Waals surface area (Å²) < 4.78 is 0. The Bertz CT molecular complexity index is 695. The Morgan fingerprint density at radius 2 is 0.625 bits per heavy atom. The van der Waals surface area contributed by atoms with Crippen LogP contribution in [0.25, 0.3) is 0 Å². The van der Waals surface area contributed by atoms with Crippen molar-refractivity contribution in [3.8, 4) is 0 Å². The standard InChI is InChI=1S/C32H54N4.4ClH/c1-3-29-13-17-31(18-14-29)27-35-25-11-23-33-21-9-7-5-6-8-10-22-34-24-12-26-36-28-32-19-15-30(4-2)16-20-32;;;;/h13-20,33-36H,3-12,21-28H2,1-2H3;4*1H. The quantitative estimate of drug-likeness (QED) is 0.0942. The first kappa shape index (κ1) is 43.9. The molecule has 0 unspecified atom stereocenters. The number of rotatable bonds is 23. The van der Waals surface area contributed by atoms with E-state index in [2.05, 4.69) is 83.6 Å².